The molecule has 3 aliphatic rings. The van der Waals surface area contributed by atoms with Crippen molar-refractivity contribution in [2.24, 2.45) is 0 Å². The van der Waals surface area contributed by atoms with E-state index in [1.807, 2.05) is 23.2 Å². The molecule has 286 valence electrons. The van der Waals surface area contributed by atoms with Gasteiger partial charge in [-0.25, -0.2) is 19.6 Å². The fourth-order valence-electron chi connectivity index (χ4n) is 8.16. The molecule has 0 spiro atoms. The third-order valence-electron chi connectivity index (χ3n) is 11.0. The van der Waals surface area contributed by atoms with Crippen molar-refractivity contribution in [1.82, 2.24) is 40.4 Å². The average molecular weight is 747 g/mol. The van der Waals surface area contributed by atoms with Gasteiger partial charge in [0, 0.05) is 19.0 Å². The summed E-state index contributed by atoms with van der Waals surface area (Å²) in [7, 11) is 2.56. The van der Waals surface area contributed by atoms with Crippen molar-refractivity contribution in [3.05, 3.63) is 72.6 Å². The van der Waals surface area contributed by atoms with Crippen LogP contribution in [-0.4, -0.2) is 92.6 Å². The first kappa shape index (κ1) is 37.2. The molecule has 5 atom stereocenters. The zero-order valence-corrected chi connectivity index (χ0v) is 31.0. The Morgan fingerprint density at radius 3 is 2.02 bits per heavy atom. The van der Waals surface area contributed by atoms with E-state index >= 15 is 0 Å². The second kappa shape index (κ2) is 16.5. The monoisotopic (exact) mass is 746 g/mol. The summed E-state index contributed by atoms with van der Waals surface area (Å²) in [5.74, 6) is 3.70. The summed E-state index contributed by atoms with van der Waals surface area (Å²) in [5, 5.41) is 5.35. The summed E-state index contributed by atoms with van der Waals surface area (Å²) in [4.78, 5) is 70.9. The molecule has 5 heterocycles. The summed E-state index contributed by atoms with van der Waals surface area (Å²) < 4.78 is 9.49. The second-order valence-electron chi connectivity index (χ2n) is 14.3. The number of methoxy groups -OCH3 is 2. The van der Waals surface area contributed by atoms with E-state index in [4.69, 9.17) is 20.9 Å². The van der Waals surface area contributed by atoms with Gasteiger partial charge in [0.2, 0.25) is 11.8 Å². The first-order valence-corrected chi connectivity index (χ1v) is 18.8. The Morgan fingerprint density at radius 1 is 0.818 bits per heavy atom. The van der Waals surface area contributed by atoms with Crippen LogP contribution in [0.4, 0.5) is 9.59 Å². The minimum Gasteiger partial charge on any atom is -0.453 e. The van der Waals surface area contributed by atoms with Crippen molar-refractivity contribution in [2.45, 2.75) is 88.0 Å². The molecule has 2 aromatic heterocycles. The molecule has 2 aromatic carbocycles. The number of hydrogen-bond acceptors (Lipinski definition) is 8. The lowest BCUT2D eigenvalue weighted by molar-refractivity contribution is -0.136. The number of nitrogens with one attached hydrogen (secondary N) is 4. The number of aromatic amines is 2. The molecule has 7 rings (SSSR count). The summed E-state index contributed by atoms with van der Waals surface area (Å²) >= 11 is 0. The minimum atomic E-state index is -0.777. The topological polar surface area (TPSA) is 175 Å². The van der Waals surface area contributed by atoms with Gasteiger partial charge in [-0.1, -0.05) is 48.5 Å². The first-order chi connectivity index (χ1) is 26.8. The highest BCUT2D eigenvalue weighted by atomic mass is 16.5. The quantitative estimate of drug-likeness (QED) is 0.146. The fourth-order valence-corrected chi connectivity index (χ4v) is 8.16. The van der Waals surface area contributed by atoms with Crippen LogP contribution in [0.15, 0.2) is 60.9 Å². The Balaban J connectivity index is 1.00. The third kappa shape index (κ3) is 7.92. The van der Waals surface area contributed by atoms with Crippen molar-refractivity contribution >= 4 is 24.0 Å². The van der Waals surface area contributed by atoms with Gasteiger partial charge in [0.1, 0.15) is 23.7 Å². The number of terminal acetylenes is 1. The Morgan fingerprint density at radius 2 is 1.42 bits per heavy atom. The summed E-state index contributed by atoms with van der Waals surface area (Å²) in [5.41, 5.74) is 5.76. The number of ether oxygens (including phenoxy) is 2. The van der Waals surface area contributed by atoms with E-state index in [1.54, 1.807) is 11.1 Å². The number of hydrogen-bond donors (Lipinski definition) is 4. The van der Waals surface area contributed by atoms with Crippen LogP contribution in [-0.2, 0) is 19.1 Å². The van der Waals surface area contributed by atoms with Gasteiger partial charge in [0.15, 0.2) is 0 Å². The van der Waals surface area contributed by atoms with Crippen molar-refractivity contribution in [3.63, 3.8) is 0 Å². The van der Waals surface area contributed by atoms with Crippen LogP contribution in [0.1, 0.15) is 81.5 Å². The second-order valence-corrected chi connectivity index (χ2v) is 14.3. The van der Waals surface area contributed by atoms with Gasteiger partial charge in [-0.2, -0.15) is 0 Å². The molecule has 3 fully saturated rings. The fraction of sp³-hybridized carbons (Fsp3) is 0.415. The number of benzene rings is 2. The van der Waals surface area contributed by atoms with Crippen LogP contribution in [0.2, 0.25) is 0 Å². The van der Waals surface area contributed by atoms with Crippen LogP contribution in [0, 0.1) is 12.3 Å². The molecule has 4 N–H and O–H groups in total. The summed E-state index contributed by atoms with van der Waals surface area (Å²) in [6.07, 6.45) is 14.1. The van der Waals surface area contributed by atoms with Crippen LogP contribution in [0.25, 0.3) is 33.6 Å². The standard InChI is InChI=1S/C41H46N8O6/c1-4-5-9-30(46-40(52)54-2)38(50)48-22-7-11-34(48)36-42-23-32(44-36)27-16-12-25(13-17-27)26-14-18-28(19-15-26)33-24-43-37(45-33)35-21-20-29-8-6-10-31(39(51)49(29)35)47-41(53)55-3/h1,12-19,23-24,29-31,34-35H,5-11,20-22H2,2-3H3,(H,42,44)(H,43,45)(H,46,52)(H,47,53)/t29-,30-,31-,34-,35-/m0/s1. The number of carbonyl (C=O) groups excluding carboxylic acids is 4. The smallest absolute Gasteiger partial charge is 0.407 e. The predicted octanol–water partition coefficient (Wildman–Crippen LogP) is 5.88. The molecular formula is C41H46N8O6. The minimum absolute atomic E-state index is 0.0824. The van der Waals surface area contributed by atoms with E-state index in [0.29, 0.717) is 31.6 Å². The molecular weight excluding hydrogens is 701 g/mol. The van der Waals surface area contributed by atoms with E-state index in [9.17, 15) is 19.2 Å². The zero-order valence-electron chi connectivity index (χ0n) is 31.0. The van der Waals surface area contributed by atoms with Crippen molar-refractivity contribution in [2.75, 3.05) is 20.8 Å². The van der Waals surface area contributed by atoms with Crippen LogP contribution < -0.4 is 10.6 Å². The number of rotatable bonds is 10. The van der Waals surface area contributed by atoms with Crippen molar-refractivity contribution in [3.8, 4) is 46.0 Å². The highest BCUT2D eigenvalue weighted by Gasteiger charge is 2.43. The van der Waals surface area contributed by atoms with Gasteiger partial charge in [0.25, 0.3) is 0 Å². The van der Waals surface area contributed by atoms with E-state index in [-0.39, 0.29) is 29.9 Å². The number of alkyl carbamates (subject to hydrolysis) is 2. The normalized spacial score (nSPS) is 21.3. The maximum Gasteiger partial charge on any atom is 0.407 e. The van der Waals surface area contributed by atoms with E-state index in [1.165, 1.54) is 14.2 Å². The molecule has 0 unspecified atom stereocenters. The van der Waals surface area contributed by atoms with E-state index in [2.05, 4.69) is 67.9 Å². The van der Waals surface area contributed by atoms with Crippen LogP contribution in [0.5, 0.6) is 0 Å². The van der Waals surface area contributed by atoms with Crippen molar-refractivity contribution in [1.29, 1.82) is 0 Å². The lowest BCUT2D eigenvalue weighted by Gasteiger charge is -2.30. The molecule has 0 bridgehead atoms. The molecule has 3 saturated heterocycles. The molecule has 0 radical (unpaired) electrons. The average Bonchev–Trinajstić information content (AvgIpc) is 4.04. The highest BCUT2D eigenvalue weighted by Crippen LogP contribution is 2.40. The molecule has 4 amide bonds. The molecule has 0 saturated carbocycles. The van der Waals surface area contributed by atoms with E-state index < -0.39 is 24.3 Å². The Hall–Kier alpha value is -6.10. The number of nitrogens with zero attached hydrogens (tertiary/aromatic N) is 4. The highest BCUT2D eigenvalue weighted by molar-refractivity contribution is 5.87. The molecule has 14 heteroatoms. The van der Waals surface area contributed by atoms with Gasteiger partial charge in [0.05, 0.1) is 50.1 Å². The van der Waals surface area contributed by atoms with Gasteiger partial charge in [-0.05, 0) is 73.6 Å². The molecule has 0 aliphatic carbocycles. The van der Waals surface area contributed by atoms with Crippen LogP contribution in [0.3, 0.4) is 0 Å². The SMILES string of the molecule is C#CCC[C@H](NC(=O)OC)C(=O)N1CCC[C@H]1c1ncc(-c2ccc(-c3ccc(-c4cnc([C@@H]5CC[C@@H]6CCC[C@H](NC(=O)OC)C(=O)N65)[nH]4)cc3)cc2)[nH]1. The largest absolute Gasteiger partial charge is 0.453 e. The molecule has 14 nitrogen and oxygen atoms in total. The molecule has 55 heavy (non-hydrogen) atoms. The number of fused-ring (bicyclic) bond motifs is 1. The number of carbonyl (C=O) groups is 4. The molecule has 4 aromatic rings. The molecule has 3 aliphatic heterocycles. The van der Waals surface area contributed by atoms with Gasteiger partial charge in [-0.15, -0.1) is 12.3 Å². The third-order valence-corrected chi connectivity index (χ3v) is 11.0. The maximum absolute atomic E-state index is 13.6. The van der Waals surface area contributed by atoms with Crippen molar-refractivity contribution < 1.29 is 28.7 Å². The number of H-pyrrole nitrogens is 2. The lowest BCUT2D eigenvalue weighted by Crippen LogP contribution is -2.49. The number of imidazole rings is 2. The summed E-state index contributed by atoms with van der Waals surface area (Å²) in [6, 6.07) is 14.8. The summed E-state index contributed by atoms with van der Waals surface area (Å²) in [6.45, 7) is 0.558. The predicted molar refractivity (Wildman–Crippen MR) is 204 cm³/mol. The van der Waals surface area contributed by atoms with Gasteiger partial charge >= 0.3 is 12.2 Å². The van der Waals surface area contributed by atoms with Crippen LogP contribution >= 0.6 is 0 Å². The number of likely N-dealkylation sites (tertiary alicyclic amines) is 1. The Bertz CT molecular complexity index is 2050. The number of amides is 4. The van der Waals surface area contributed by atoms with E-state index in [0.717, 1.165) is 78.0 Å². The Labute approximate surface area is 319 Å². The maximum atomic E-state index is 13.6. The zero-order chi connectivity index (χ0) is 38.5. The van der Waals surface area contributed by atoms with Gasteiger partial charge in [-0.3, -0.25) is 9.59 Å². The lowest BCUT2D eigenvalue weighted by atomic mass is 10.0. The Kier molecular flexibility index (Phi) is 11.2. The number of aromatic nitrogens is 4. The first-order valence-electron chi connectivity index (χ1n) is 18.8. The van der Waals surface area contributed by atoms with Gasteiger partial charge < -0.3 is 39.9 Å².